The van der Waals surface area contributed by atoms with E-state index < -0.39 is 0 Å². The van der Waals surface area contributed by atoms with Crippen LogP contribution >= 0.6 is 0 Å². The van der Waals surface area contributed by atoms with Crippen LogP contribution < -0.4 is 5.32 Å². The van der Waals surface area contributed by atoms with E-state index in [4.69, 9.17) is 4.74 Å². The minimum atomic E-state index is 0.0600. The molecule has 1 aromatic carbocycles. The molecule has 3 nitrogen and oxygen atoms in total. The Morgan fingerprint density at radius 1 is 1.20 bits per heavy atom. The van der Waals surface area contributed by atoms with Crippen LogP contribution in [0.25, 0.3) is 0 Å². The number of hydrogen-bond acceptors (Lipinski definition) is 3. The van der Waals surface area contributed by atoms with Crippen LogP contribution in [-0.2, 0) is 10.3 Å². The summed E-state index contributed by atoms with van der Waals surface area (Å²) in [5, 5.41) is 3.69. The number of rotatable bonds is 5. The first-order chi connectivity index (χ1) is 9.48. The molecular weight excluding hydrogens is 248 g/mol. The predicted molar refractivity (Wildman–Crippen MR) is 83.9 cm³/mol. The molecule has 0 aliphatic carbocycles. The first-order valence-electron chi connectivity index (χ1n) is 7.52. The number of nitrogens with zero attached hydrogens (tertiary/aromatic N) is 1. The second-order valence-electron chi connectivity index (χ2n) is 6.65. The van der Waals surface area contributed by atoms with Crippen molar-refractivity contribution in [3.05, 3.63) is 35.9 Å². The summed E-state index contributed by atoms with van der Waals surface area (Å²) in [6.45, 7) is 10.8. The molecule has 0 spiro atoms. The van der Waals surface area contributed by atoms with Crippen molar-refractivity contribution in [2.24, 2.45) is 0 Å². The van der Waals surface area contributed by atoms with Gasteiger partial charge in [-0.15, -0.1) is 0 Å². The molecule has 3 heteroatoms. The SMILES string of the molecule is COCCCN1CC(C)(C)NCC1(C)c1ccccc1. The molecule has 112 valence electrons. The van der Waals surface area contributed by atoms with Crippen molar-refractivity contribution >= 4 is 0 Å². The van der Waals surface area contributed by atoms with Gasteiger partial charge in [0, 0.05) is 38.9 Å². The maximum Gasteiger partial charge on any atom is 0.0558 e. The Bertz CT molecular complexity index is 418. The van der Waals surface area contributed by atoms with Gasteiger partial charge in [0.1, 0.15) is 0 Å². The largest absolute Gasteiger partial charge is 0.385 e. The number of benzene rings is 1. The van der Waals surface area contributed by atoms with Crippen LogP contribution in [0.5, 0.6) is 0 Å². The molecule has 1 aromatic rings. The monoisotopic (exact) mass is 276 g/mol. The van der Waals surface area contributed by atoms with Gasteiger partial charge in [0.2, 0.25) is 0 Å². The van der Waals surface area contributed by atoms with Gasteiger partial charge in [-0.25, -0.2) is 0 Å². The lowest BCUT2D eigenvalue weighted by atomic mass is 9.84. The maximum atomic E-state index is 5.22. The highest BCUT2D eigenvalue weighted by atomic mass is 16.5. The molecule has 2 rings (SSSR count). The molecule has 1 aliphatic heterocycles. The number of hydrogen-bond donors (Lipinski definition) is 1. The Hall–Kier alpha value is -0.900. The van der Waals surface area contributed by atoms with Crippen LogP contribution in [0.15, 0.2) is 30.3 Å². The molecule has 0 radical (unpaired) electrons. The Kier molecular flexibility index (Phi) is 4.84. The van der Waals surface area contributed by atoms with Crippen molar-refractivity contribution in [2.75, 3.05) is 33.4 Å². The Morgan fingerprint density at radius 2 is 1.90 bits per heavy atom. The van der Waals surface area contributed by atoms with Crippen LogP contribution in [0.4, 0.5) is 0 Å². The van der Waals surface area contributed by atoms with E-state index in [9.17, 15) is 0 Å². The van der Waals surface area contributed by atoms with E-state index in [2.05, 4.69) is 61.3 Å². The standard InChI is InChI=1S/C17H28N2O/c1-16(2)14-19(11-8-12-20-4)17(3,13-18-16)15-9-6-5-7-10-15/h5-7,9-10,18H,8,11-14H2,1-4H3. The van der Waals surface area contributed by atoms with Gasteiger partial charge in [0.25, 0.3) is 0 Å². The summed E-state index contributed by atoms with van der Waals surface area (Å²) >= 11 is 0. The summed E-state index contributed by atoms with van der Waals surface area (Å²) in [5.74, 6) is 0. The minimum Gasteiger partial charge on any atom is -0.385 e. The fraction of sp³-hybridized carbons (Fsp3) is 0.647. The van der Waals surface area contributed by atoms with E-state index in [1.807, 2.05) is 0 Å². The average molecular weight is 276 g/mol. The number of methoxy groups -OCH3 is 1. The van der Waals surface area contributed by atoms with E-state index in [0.29, 0.717) is 0 Å². The normalized spacial score (nSPS) is 26.6. The van der Waals surface area contributed by atoms with Crippen molar-refractivity contribution in [3.63, 3.8) is 0 Å². The fourth-order valence-corrected chi connectivity index (χ4v) is 3.04. The van der Waals surface area contributed by atoms with E-state index in [1.54, 1.807) is 7.11 Å². The molecule has 0 amide bonds. The maximum absolute atomic E-state index is 5.22. The van der Waals surface area contributed by atoms with Crippen LogP contribution in [0.1, 0.15) is 32.8 Å². The summed E-state index contributed by atoms with van der Waals surface area (Å²) in [7, 11) is 1.78. The van der Waals surface area contributed by atoms with E-state index in [0.717, 1.165) is 32.7 Å². The molecular formula is C17H28N2O. The van der Waals surface area contributed by atoms with Gasteiger partial charge < -0.3 is 10.1 Å². The van der Waals surface area contributed by atoms with Crippen molar-refractivity contribution in [2.45, 2.75) is 38.3 Å². The third-order valence-corrected chi connectivity index (χ3v) is 4.37. The number of piperazine rings is 1. The van der Waals surface area contributed by atoms with Gasteiger partial charge in [-0.05, 0) is 32.8 Å². The molecule has 0 saturated carbocycles. The van der Waals surface area contributed by atoms with Crippen LogP contribution in [0, 0.1) is 0 Å². The van der Waals surface area contributed by atoms with E-state index in [1.165, 1.54) is 5.56 Å². The van der Waals surface area contributed by atoms with Gasteiger partial charge >= 0.3 is 0 Å². The van der Waals surface area contributed by atoms with Gasteiger partial charge in [-0.3, -0.25) is 4.90 Å². The Labute approximate surface area is 123 Å². The van der Waals surface area contributed by atoms with Crippen molar-refractivity contribution in [1.29, 1.82) is 0 Å². The van der Waals surface area contributed by atoms with Crippen LogP contribution in [0.2, 0.25) is 0 Å². The topological polar surface area (TPSA) is 24.5 Å². The first kappa shape index (κ1) is 15.5. The van der Waals surface area contributed by atoms with E-state index in [-0.39, 0.29) is 11.1 Å². The molecule has 1 N–H and O–H groups in total. The van der Waals surface area contributed by atoms with Crippen LogP contribution in [-0.4, -0.2) is 43.8 Å². The molecule has 1 aliphatic rings. The number of ether oxygens (including phenoxy) is 1. The zero-order valence-corrected chi connectivity index (χ0v) is 13.3. The summed E-state index contributed by atoms with van der Waals surface area (Å²) in [6.07, 6.45) is 1.08. The van der Waals surface area contributed by atoms with Crippen molar-refractivity contribution in [3.8, 4) is 0 Å². The number of nitrogens with one attached hydrogen (secondary N) is 1. The van der Waals surface area contributed by atoms with Gasteiger partial charge in [-0.1, -0.05) is 30.3 Å². The summed E-state index contributed by atoms with van der Waals surface area (Å²) in [4.78, 5) is 2.61. The molecule has 1 fully saturated rings. The third-order valence-electron chi connectivity index (χ3n) is 4.37. The Morgan fingerprint density at radius 3 is 2.55 bits per heavy atom. The van der Waals surface area contributed by atoms with Crippen molar-refractivity contribution < 1.29 is 4.74 Å². The predicted octanol–water partition coefficient (Wildman–Crippen LogP) is 2.62. The minimum absolute atomic E-state index is 0.0600. The second kappa shape index (κ2) is 6.25. The highest BCUT2D eigenvalue weighted by Gasteiger charge is 2.41. The first-order valence-corrected chi connectivity index (χ1v) is 7.52. The fourth-order valence-electron chi connectivity index (χ4n) is 3.04. The highest BCUT2D eigenvalue weighted by Crippen LogP contribution is 2.33. The van der Waals surface area contributed by atoms with Crippen molar-refractivity contribution in [1.82, 2.24) is 10.2 Å². The highest BCUT2D eigenvalue weighted by molar-refractivity contribution is 5.26. The Balaban J connectivity index is 2.19. The smallest absolute Gasteiger partial charge is 0.0558 e. The van der Waals surface area contributed by atoms with Crippen LogP contribution in [0.3, 0.4) is 0 Å². The summed E-state index contributed by atoms with van der Waals surface area (Å²) < 4.78 is 5.22. The molecule has 1 atom stereocenters. The third kappa shape index (κ3) is 3.40. The average Bonchev–Trinajstić information content (AvgIpc) is 2.44. The summed E-state index contributed by atoms with van der Waals surface area (Å²) in [5.41, 5.74) is 1.62. The van der Waals surface area contributed by atoms with Gasteiger partial charge in [0.15, 0.2) is 0 Å². The molecule has 1 heterocycles. The summed E-state index contributed by atoms with van der Waals surface area (Å²) in [6, 6.07) is 10.8. The quantitative estimate of drug-likeness (QED) is 0.837. The lowest BCUT2D eigenvalue weighted by molar-refractivity contribution is 0.0179. The van der Waals surface area contributed by atoms with E-state index >= 15 is 0 Å². The lowest BCUT2D eigenvalue weighted by Crippen LogP contribution is -2.65. The van der Waals surface area contributed by atoms with Gasteiger partial charge in [-0.2, -0.15) is 0 Å². The molecule has 20 heavy (non-hydrogen) atoms. The molecule has 0 bridgehead atoms. The second-order valence-corrected chi connectivity index (χ2v) is 6.65. The molecule has 1 saturated heterocycles. The molecule has 1 unspecified atom stereocenters. The molecule has 0 aromatic heterocycles. The zero-order valence-electron chi connectivity index (χ0n) is 13.3. The zero-order chi connectivity index (χ0) is 14.6. The van der Waals surface area contributed by atoms with Gasteiger partial charge in [0.05, 0.1) is 5.54 Å². The lowest BCUT2D eigenvalue weighted by Gasteiger charge is -2.51.